The Morgan fingerprint density at radius 1 is 1.18 bits per heavy atom. The topological polar surface area (TPSA) is 75.7 Å². The lowest BCUT2D eigenvalue weighted by atomic mass is 9.91. The van der Waals surface area contributed by atoms with Crippen LogP contribution in [0, 0.1) is 0 Å². The van der Waals surface area contributed by atoms with Crippen molar-refractivity contribution in [1.82, 2.24) is 9.62 Å². The Bertz CT molecular complexity index is 700. The molecule has 1 aromatic carbocycles. The zero-order valence-electron chi connectivity index (χ0n) is 12.6. The second-order valence-electron chi connectivity index (χ2n) is 5.62. The first kappa shape index (κ1) is 15.3. The van der Waals surface area contributed by atoms with E-state index in [4.69, 9.17) is 4.74 Å². The van der Waals surface area contributed by atoms with Crippen molar-refractivity contribution in [1.29, 1.82) is 0 Å². The lowest BCUT2D eigenvalue weighted by Crippen LogP contribution is -2.50. The van der Waals surface area contributed by atoms with E-state index in [1.165, 1.54) is 4.31 Å². The van der Waals surface area contributed by atoms with Crippen LogP contribution in [0.25, 0.3) is 0 Å². The molecule has 0 atom stereocenters. The summed E-state index contributed by atoms with van der Waals surface area (Å²) in [5.74, 6) is 0.502. The summed E-state index contributed by atoms with van der Waals surface area (Å²) in [5, 5.41) is 2.65. The quantitative estimate of drug-likeness (QED) is 0.888. The Balaban J connectivity index is 2.05. The SMILES string of the molecule is COc1ccc(S(=O)(=O)N2CCNC(=O)C2)c2c1CCCC2. The molecule has 1 heterocycles. The third kappa shape index (κ3) is 2.59. The van der Waals surface area contributed by atoms with Gasteiger partial charge in [-0.15, -0.1) is 0 Å². The molecule has 0 aromatic heterocycles. The number of nitrogens with one attached hydrogen (secondary N) is 1. The number of rotatable bonds is 3. The number of ether oxygens (including phenoxy) is 1. The maximum atomic E-state index is 12.9. The number of piperazine rings is 1. The molecule has 7 heteroatoms. The molecule has 1 saturated heterocycles. The van der Waals surface area contributed by atoms with Crippen molar-refractivity contribution >= 4 is 15.9 Å². The van der Waals surface area contributed by atoms with Crippen LogP contribution in [-0.4, -0.2) is 45.4 Å². The van der Waals surface area contributed by atoms with Crippen LogP contribution in [0.15, 0.2) is 17.0 Å². The highest BCUT2D eigenvalue weighted by atomic mass is 32.2. The van der Waals surface area contributed by atoms with E-state index in [-0.39, 0.29) is 12.5 Å². The highest BCUT2D eigenvalue weighted by Crippen LogP contribution is 2.35. The number of carbonyl (C=O) groups is 1. The predicted octanol–water partition coefficient (Wildman–Crippen LogP) is 0.694. The predicted molar refractivity (Wildman–Crippen MR) is 81.4 cm³/mol. The van der Waals surface area contributed by atoms with E-state index >= 15 is 0 Å². The van der Waals surface area contributed by atoms with Gasteiger partial charge in [0.1, 0.15) is 5.75 Å². The van der Waals surface area contributed by atoms with E-state index in [1.807, 2.05) is 0 Å². The van der Waals surface area contributed by atoms with Crippen LogP contribution in [-0.2, 0) is 27.7 Å². The molecule has 22 heavy (non-hydrogen) atoms. The Hall–Kier alpha value is -1.60. The summed E-state index contributed by atoms with van der Waals surface area (Å²) in [4.78, 5) is 11.8. The average Bonchev–Trinajstić information content (AvgIpc) is 2.53. The number of methoxy groups -OCH3 is 1. The number of sulfonamides is 1. The Labute approximate surface area is 130 Å². The maximum absolute atomic E-state index is 12.9. The van der Waals surface area contributed by atoms with Crippen molar-refractivity contribution in [2.75, 3.05) is 26.7 Å². The summed E-state index contributed by atoms with van der Waals surface area (Å²) in [5.41, 5.74) is 1.85. The molecule has 0 unspecified atom stereocenters. The van der Waals surface area contributed by atoms with Crippen LogP contribution in [0.4, 0.5) is 0 Å². The Morgan fingerprint density at radius 3 is 2.59 bits per heavy atom. The maximum Gasteiger partial charge on any atom is 0.243 e. The molecule has 3 rings (SSSR count). The fourth-order valence-electron chi connectivity index (χ4n) is 3.19. The molecule has 6 nitrogen and oxygen atoms in total. The zero-order valence-corrected chi connectivity index (χ0v) is 13.4. The smallest absolute Gasteiger partial charge is 0.243 e. The molecule has 1 aromatic rings. The number of fused-ring (bicyclic) bond motifs is 1. The van der Waals surface area contributed by atoms with Gasteiger partial charge in [0.25, 0.3) is 0 Å². The fourth-order valence-corrected chi connectivity index (χ4v) is 4.87. The number of carbonyl (C=O) groups excluding carboxylic acids is 1. The lowest BCUT2D eigenvalue weighted by molar-refractivity contribution is -0.122. The van der Waals surface area contributed by atoms with Crippen molar-refractivity contribution in [3.63, 3.8) is 0 Å². The molecular formula is C15H20N2O4S. The number of benzene rings is 1. The molecule has 1 amide bonds. The van der Waals surface area contributed by atoms with Crippen LogP contribution >= 0.6 is 0 Å². The Kier molecular flexibility index (Phi) is 4.10. The molecule has 1 N–H and O–H groups in total. The van der Waals surface area contributed by atoms with Crippen molar-refractivity contribution in [2.24, 2.45) is 0 Å². The summed E-state index contributed by atoms with van der Waals surface area (Å²) in [6, 6.07) is 3.34. The zero-order chi connectivity index (χ0) is 15.7. The second-order valence-corrected chi connectivity index (χ2v) is 7.53. The van der Waals surface area contributed by atoms with E-state index in [0.717, 1.165) is 42.6 Å². The molecule has 1 aliphatic carbocycles. The first-order valence-electron chi connectivity index (χ1n) is 7.49. The molecule has 0 radical (unpaired) electrons. The Morgan fingerprint density at radius 2 is 1.91 bits per heavy atom. The van der Waals surface area contributed by atoms with Gasteiger partial charge in [-0.25, -0.2) is 8.42 Å². The molecule has 1 aliphatic heterocycles. The number of hydrogen-bond donors (Lipinski definition) is 1. The summed E-state index contributed by atoms with van der Waals surface area (Å²) >= 11 is 0. The van der Waals surface area contributed by atoms with E-state index in [0.29, 0.717) is 18.0 Å². The van der Waals surface area contributed by atoms with Crippen LogP contribution in [0.5, 0.6) is 5.75 Å². The van der Waals surface area contributed by atoms with Crippen LogP contribution in [0.3, 0.4) is 0 Å². The number of nitrogens with zero attached hydrogens (tertiary/aromatic N) is 1. The first-order chi connectivity index (χ1) is 10.5. The van der Waals surface area contributed by atoms with Gasteiger partial charge in [0.05, 0.1) is 18.6 Å². The molecule has 2 aliphatic rings. The van der Waals surface area contributed by atoms with E-state index in [1.54, 1.807) is 19.2 Å². The van der Waals surface area contributed by atoms with Crippen molar-refractivity contribution in [2.45, 2.75) is 30.6 Å². The fraction of sp³-hybridized carbons (Fsp3) is 0.533. The minimum Gasteiger partial charge on any atom is -0.496 e. The molecule has 0 bridgehead atoms. The standard InChI is InChI=1S/C15H20N2O4S/c1-21-13-6-7-14(12-5-3-2-4-11(12)13)22(19,20)17-9-8-16-15(18)10-17/h6-7H,2-5,8-10H2,1H3,(H,16,18). The molecule has 0 saturated carbocycles. The van der Waals surface area contributed by atoms with Gasteiger partial charge in [0, 0.05) is 13.1 Å². The molecule has 0 spiro atoms. The van der Waals surface area contributed by atoms with Gasteiger partial charge < -0.3 is 10.1 Å². The minimum absolute atomic E-state index is 0.108. The number of amides is 1. The van der Waals surface area contributed by atoms with Crippen molar-refractivity contribution < 1.29 is 17.9 Å². The lowest BCUT2D eigenvalue weighted by Gasteiger charge is -2.28. The summed E-state index contributed by atoms with van der Waals surface area (Å²) in [6.07, 6.45) is 3.59. The van der Waals surface area contributed by atoms with Gasteiger partial charge in [-0.05, 0) is 48.9 Å². The third-order valence-electron chi connectivity index (χ3n) is 4.29. The van der Waals surface area contributed by atoms with Gasteiger partial charge >= 0.3 is 0 Å². The van der Waals surface area contributed by atoms with E-state index < -0.39 is 10.0 Å². The van der Waals surface area contributed by atoms with Gasteiger partial charge in [-0.3, -0.25) is 4.79 Å². The molecular weight excluding hydrogens is 304 g/mol. The summed E-state index contributed by atoms with van der Waals surface area (Å²) < 4.78 is 32.5. The average molecular weight is 324 g/mol. The van der Waals surface area contributed by atoms with Crippen LogP contribution in [0.2, 0.25) is 0 Å². The third-order valence-corrected chi connectivity index (χ3v) is 6.22. The first-order valence-corrected chi connectivity index (χ1v) is 8.93. The van der Waals surface area contributed by atoms with Gasteiger partial charge in [0.15, 0.2) is 0 Å². The van der Waals surface area contributed by atoms with E-state index in [2.05, 4.69) is 5.32 Å². The van der Waals surface area contributed by atoms with Gasteiger partial charge in [0.2, 0.25) is 15.9 Å². The van der Waals surface area contributed by atoms with Crippen molar-refractivity contribution in [3.8, 4) is 5.75 Å². The second kappa shape index (κ2) is 5.89. The summed E-state index contributed by atoms with van der Waals surface area (Å²) in [7, 11) is -2.04. The highest BCUT2D eigenvalue weighted by Gasteiger charge is 2.32. The normalized spacial score (nSPS) is 19.4. The van der Waals surface area contributed by atoms with E-state index in [9.17, 15) is 13.2 Å². The van der Waals surface area contributed by atoms with Crippen LogP contribution in [0.1, 0.15) is 24.0 Å². The summed E-state index contributed by atoms with van der Waals surface area (Å²) in [6.45, 7) is 0.564. The van der Waals surface area contributed by atoms with Gasteiger partial charge in [-0.2, -0.15) is 4.31 Å². The molecule has 120 valence electrons. The largest absolute Gasteiger partial charge is 0.496 e. The highest BCUT2D eigenvalue weighted by molar-refractivity contribution is 7.89. The van der Waals surface area contributed by atoms with Crippen LogP contribution < -0.4 is 10.1 Å². The van der Waals surface area contributed by atoms with Gasteiger partial charge in [-0.1, -0.05) is 0 Å². The van der Waals surface area contributed by atoms with Crippen molar-refractivity contribution in [3.05, 3.63) is 23.3 Å². The monoisotopic (exact) mass is 324 g/mol. The number of hydrogen-bond acceptors (Lipinski definition) is 4. The minimum atomic E-state index is -3.64. The molecule has 1 fully saturated rings.